The van der Waals surface area contributed by atoms with Gasteiger partial charge < -0.3 is 4.74 Å². The Labute approximate surface area is 104 Å². The summed E-state index contributed by atoms with van der Waals surface area (Å²) < 4.78 is 5.02. The van der Waals surface area contributed by atoms with Crippen LogP contribution in [0.25, 0.3) is 0 Å². The molecule has 17 heavy (non-hydrogen) atoms. The maximum Gasteiger partial charge on any atom is 0.338 e. The van der Waals surface area contributed by atoms with E-state index in [0.717, 1.165) is 25.7 Å². The van der Waals surface area contributed by atoms with Crippen molar-refractivity contribution in [2.75, 3.05) is 6.61 Å². The van der Waals surface area contributed by atoms with Gasteiger partial charge in [-0.15, -0.1) is 0 Å². The van der Waals surface area contributed by atoms with Crippen molar-refractivity contribution >= 4 is 5.97 Å². The number of esters is 1. The molecule has 0 radical (unpaired) electrons. The van der Waals surface area contributed by atoms with Crippen LogP contribution in [-0.2, 0) is 17.6 Å². The quantitative estimate of drug-likeness (QED) is 0.700. The van der Waals surface area contributed by atoms with Crippen molar-refractivity contribution < 1.29 is 9.53 Å². The lowest BCUT2D eigenvalue weighted by molar-refractivity contribution is 0.0526. The predicted molar refractivity (Wildman–Crippen MR) is 70.4 cm³/mol. The summed E-state index contributed by atoms with van der Waals surface area (Å²) in [5, 5.41) is 0. The highest BCUT2D eigenvalue weighted by atomic mass is 16.5. The number of carbonyl (C=O) groups excluding carboxylic acids is 1. The Morgan fingerprint density at radius 2 is 1.71 bits per heavy atom. The summed E-state index contributed by atoms with van der Waals surface area (Å²) in [5.41, 5.74) is 3.33. The molecule has 0 aliphatic rings. The molecular weight excluding hydrogens is 212 g/mol. The fourth-order valence-corrected chi connectivity index (χ4v) is 1.98. The van der Waals surface area contributed by atoms with E-state index < -0.39 is 0 Å². The van der Waals surface area contributed by atoms with Crippen molar-refractivity contribution in [2.45, 2.75) is 46.5 Å². The lowest BCUT2D eigenvalue weighted by Crippen LogP contribution is -2.06. The van der Waals surface area contributed by atoms with Crippen LogP contribution in [0, 0.1) is 0 Å². The van der Waals surface area contributed by atoms with E-state index in [1.807, 2.05) is 19.1 Å². The average molecular weight is 234 g/mol. The van der Waals surface area contributed by atoms with Gasteiger partial charge in [0.2, 0.25) is 0 Å². The lowest BCUT2D eigenvalue weighted by Gasteiger charge is -2.10. The van der Waals surface area contributed by atoms with Gasteiger partial charge in [-0.05, 0) is 43.0 Å². The van der Waals surface area contributed by atoms with Crippen molar-refractivity contribution in [1.29, 1.82) is 0 Å². The largest absolute Gasteiger partial charge is 0.462 e. The van der Waals surface area contributed by atoms with E-state index in [4.69, 9.17) is 4.74 Å². The highest BCUT2D eigenvalue weighted by Crippen LogP contribution is 2.16. The Balaban J connectivity index is 2.95. The molecule has 0 amide bonds. The smallest absolute Gasteiger partial charge is 0.338 e. The number of carbonyl (C=O) groups is 1. The Hall–Kier alpha value is -1.31. The van der Waals surface area contributed by atoms with Crippen LogP contribution in [0.3, 0.4) is 0 Å². The first-order valence-corrected chi connectivity index (χ1v) is 6.51. The van der Waals surface area contributed by atoms with E-state index in [-0.39, 0.29) is 5.97 Å². The molecule has 0 aliphatic carbocycles. The summed E-state index contributed by atoms with van der Waals surface area (Å²) in [6, 6.07) is 5.94. The molecule has 0 saturated carbocycles. The lowest BCUT2D eigenvalue weighted by atomic mass is 9.97. The highest BCUT2D eigenvalue weighted by Gasteiger charge is 2.09. The molecule has 0 heterocycles. The van der Waals surface area contributed by atoms with Crippen LogP contribution in [0.15, 0.2) is 18.2 Å². The summed E-state index contributed by atoms with van der Waals surface area (Å²) in [5.74, 6) is -0.215. The first kappa shape index (κ1) is 13.8. The Morgan fingerprint density at radius 3 is 2.29 bits per heavy atom. The topological polar surface area (TPSA) is 26.3 Å². The molecule has 0 spiro atoms. The van der Waals surface area contributed by atoms with E-state index in [0.29, 0.717) is 12.2 Å². The third kappa shape index (κ3) is 3.88. The molecule has 1 aromatic carbocycles. The Bertz CT molecular complexity index is 369. The number of aryl methyl sites for hydroxylation is 2. The van der Waals surface area contributed by atoms with Crippen LogP contribution in [0.2, 0.25) is 0 Å². The molecule has 0 saturated heterocycles. The van der Waals surface area contributed by atoms with Crippen LogP contribution < -0.4 is 0 Å². The van der Waals surface area contributed by atoms with Gasteiger partial charge in [0.25, 0.3) is 0 Å². The van der Waals surface area contributed by atoms with Gasteiger partial charge in [0.15, 0.2) is 0 Å². The van der Waals surface area contributed by atoms with Gasteiger partial charge >= 0.3 is 5.97 Å². The molecule has 0 fully saturated rings. The summed E-state index contributed by atoms with van der Waals surface area (Å²) in [4.78, 5) is 11.6. The minimum absolute atomic E-state index is 0.215. The molecule has 2 heteroatoms. The molecule has 0 bridgehead atoms. The third-order valence-electron chi connectivity index (χ3n) is 2.76. The molecule has 0 unspecified atom stereocenters. The monoisotopic (exact) mass is 234 g/mol. The first-order valence-electron chi connectivity index (χ1n) is 6.51. The van der Waals surface area contributed by atoms with Crippen molar-refractivity contribution in [3.8, 4) is 0 Å². The molecule has 0 atom stereocenters. The van der Waals surface area contributed by atoms with Gasteiger partial charge in [-0.1, -0.05) is 32.8 Å². The second kappa shape index (κ2) is 7.10. The number of hydrogen-bond donors (Lipinski definition) is 0. The second-order valence-electron chi connectivity index (χ2n) is 4.20. The van der Waals surface area contributed by atoms with Gasteiger partial charge in [-0.3, -0.25) is 0 Å². The summed E-state index contributed by atoms with van der Waals surface area (Å²) in [6.07, 6.45) is 4.35. The van der Waals surface area contributed by atoms with Crippen LogP contribution in [-0.4, -0.2) is 12.6 Å². The van der Waals surface area contributed by atoms with Crippen molar-refractivity contribution in [2.24, 2.45) is 0 Å². The van der Waals surface area contributed by atoms with Crippen LogP contribution in [0.4, 0.5) is 0 Å². The van der Waals surface area contributed by atoms with Gasteiger partial charge in [-0.2, -0.15) is 0 Å². The summed E-state index contributed by atoms with van der Waals surface area (Å²) in [6.45, 7) is 6.59. The number of benzene rings is 1. The summed E-state index contributed by atoms with van der Waals surface area (Å²) >= 11 is 0. The van der Waals surface area contributed by atoms with Crippen molar-refractivity contribution in [1.82, 2.24) is 0 Å². The number of ether oxygens (including phenoxy) is 1. The van der Waals surface area contributed by atoms with Gasteiger partial charge in [0.05, 0.1) is 12.2 Å². The minimum Gasteiger partial charge on any atom is -0.462 e. The number of rotatable bonds is 6. The van der Waals surface area contributed by atoms with E-state index >= 15 is 0 Å². The van der Waals surface area contributed by atoms with E-state index in [1.54, 1.807) is 0 Å². The van der Waals surface area contributed by atoms with Crippen molar-refractivity contribution in [3.63, 3.8) is 0 Å². The number of hydrogen-bond acceptors (Lipinski definition) is 2. The maximum atomic E-state index is 11.6. The maximum absolute atomic E-state index is 11.6. The summed E-state index contributed by atoms with van der Waals surface area (Å²) in [7, 11) is 0. The van der Waals surface area contributed by atoms with Gasteiger partial charge in [-0.25, -0.2) is 4.79 Å². The fraction of sp³-hybridized carbons (Fsp3) is 0.533. The molecule has 1 rings (SSSR count). The Kier molecular flexibility index (Phi) is 5.75. The molecular formula is C15H22O2. The molecule has 0 aliphatic heterocycles. The predicted octanol–water partition coefficient (Wildman–Crippen LogP) is 3.77. The molecule has 0 aromatic heterocycles. The van der Waals surface area contributed by atoms with Crippen LogP contribution in [0.5, 0.6) is 0 Å². The zero-order valence-electron chi connectivity index (χ0n) is 11.1. The molecule has 2 nitrogen and oxygen atoms in total. The first-order chi connectivity index (χ1) is 8.22. The normalized spacial score (nSPS) is 10.3. The molecule has 0 N–H and O–H groups in total. The van der Waals surface area contributed by atoms with E-state index in [1.165, 1.54) is 11.1 Å². The molecule has 94 valence electrons. The van der Waals surface area contributed by atoms with Crippen molar-refractivity contribution in [3.05, 3.63) is 34.9 Å². The van der Waals surface area contributed by atoms with E-state index in [9.17, 15) is 4.79 Å². The standard InChI is InChI=1S/C15H22O2/c1-4-7-12-9-10-14(15(16)17-6-3)11-13(12)8-5-2/h9-11H,4-8H2,1-3H3. The molecule has 1 aromatic rings. The average Bonchev–Trinajstić information content (AvgIpc) is 2.32. The Morgan fingerprint density at radius 1 is 1.06 bits per heavy atom. The fourth-order valence-electron chi connectivity index (χ4n) is 1.98. The van der Waals surface area contributed by atoms with Gasteiger partial charge in [0, 0.05) is 0 Å². The van der Waals surface area contributed by atoms with Crippen LogP contribution >= 0.6 is 0 Å². The highest BCUT2D eigenvalue weighted by molar-refractivity contribution is 5.89. The van der Waals surface area contributed by atoms with E-state index in [2.05, 4.69) is 19.9 Å². The third-order valence-corrected chi connectivity index (χ3v) is 2.76. The second-order valence-corrected chi connectivity index (χ2v) is 4.20. The minimum atomic E-state index is -0.215. The zero-order valence-corrected chi connectivity index (χ0v) is 11.1. The van der Waals surface area contributed by atoms with Crippen LogP contribution in [0.1, 0.15) is 55.1 Å². The zero-order chi connectivity index (χ0) is 12.7. The SMILES string of the molecule is CCCc1ccc(C(=O)OCC)cc1CCC. The van der Waals surface area contributed by atoms with Gasteiger partial charge in [0.1, 0.15) is 0 Å².